The molecule has 0 aliphatic heterocycles. The summed E-state index contributed by atoms with van der Waals surface area (Å²) in [5.74, 6) is -0.189. The van der Waals surface area contributed by atoms with E-state index in [1.165, 1.54) is 12.7 Å². The van der Waals surface area contributed by atoms with Crippen LogP contribution in [0.25, 0.3) is 0 Å². The van der Waals surface area contributed by atoms with Crippen molar-refractivity contribution in [3.05, 3.63) is 34.9 Å². The van der Waals surface area contributed by atoms with Crippen molar-refractivity contribution in [1.29, 1.82) is 0 Å². The molecule has 18 heavy (non-hydrogen) atoms. The summed E-state index contributed by atoms with van der Waals surface area (Å²) in [5, 5.41) is 0.733. The highest BCUT2D eigenvalue weighted by Gasteiger charge is 2.29. The molecule has 0 spiro atoms. The Bertz CT molecular complexity index is 401. The van der Waals surface area contributed by atoms with Gasteiger partial charge in [-0.05, 0) is 38.6 Å². The van der Waals surface area contributed by atoms with Gasteiger partial charge >= 0.3 is 5.97 Å². The molecule has 0 saturated carbocycles. The minimum Gasteiger partial charge on any atom is -0.469 e. The van der Waals surface area contributed by atoms with Gasteiger partial charge in [0.05, 0.1) is 12.5 Å². The van der Waals surface area contributed by atoms with Crippen LogP contribution in [0.1, 0.15) is 19.4 Å². The van der Waals surface area contributed by atoms with Gasteiger partial charge in [0.1, 0.15) is 0 Å². The third kappa shape index (κ3) is 4.31. The van der Waals surface area contributed by atoms with Crippen LogP contribution in [-0.4, -0.2) is 31.6 Å². The number of ether oxygens (including phenoxy) is 1. The lowest BCUT2D eigenvalue weighted by Crippen LogP contribution is -2.37. The summed E-state index contributed by atoms with van der Waals surface area (Å²) in [4.78, 5) is 13.7. The first-order chi connectivity index (χ1) is 8.35. The summed E-state index contributed by atoms with van der Waals surface area (Å²) in [6.07, 6.45) is 0. The molecule has 0 aliphatic rings. The Hall–Kier alpha value is -1.06. The van der Waals surface area contributed by atoms with E-state index in [0.717, 1.165) is 11.6 Å². The van der Waals surface area contributed by atoms with E-state index in [-0.39, 0.29) is 5.97 Å². The van der Waals surface area contributed by atoms with Gasteiger partial charge in [0.2, 0.25) is 0 Å². The van der Waals surface area contributed by atoms with Crippen LogP contribution in [0.5, 0.6) is 0 Å². The van der Waals surface area contributed by atoms with Crippen molar-refractivity contribution in [1.82, 2.24) is 4.90 Å². The molecule has 0 N–H and O–H groups in total. The summed E-state index contributed by atoms with van der Waals surface area (Å²) in [6, 6.07) is 7.72. The molecule has 0 bridgehead atoms. The Labute approximate surface area is 114 Å². The van der Waals surface area contributed by atoms with E-state index in [9.17, 15) is 4.79 Å². The molecule has 100 valence electrons. The molecule has 0 atom stereocenters. The zero-order chi connectivity index (χ0) is 13.8. The maximum atomic E-state index is 11.6. The molecule has 3 nitrogen and oxygen atoms in total. The van der Waals surface area contributed by atoms with Gasteiger partial charge in [0, 0.05) is 18.1 Å². The third-order valence-electron chi connectivity index (χ3n) is 2.77. The summed E-state index contributed by atoms with van der Waals surface area (Å²) in [5.41, 5.74) is 0.665. The predicted molar refractivity (Wildman–Crippen MR) is 73.6 cm³/mol. The van der Waals surface area contributed by atoms with Crippen LogP contribution in [0.4, 0.5) is 0 Å². The van der Waals surface area contributed by atoms with Crippen LogP contribution in [0.3, 0.4) is 0 Å². The first kappa shape index (κ1) is 15.0. The number of methoxy groups -OCH3 is 1. The Morgan fingerprint density at radius 1 is 1.33 bits per heavy atom. The quantitative estimate of drug-likeness (QED) is 0.770. The number of carbonyl (C=O) groups excluding carboxylic acids is 1. The Morgan fingerprint density at radius 3 is 2.39 bits per heavy atom. The van der Waals surface area contributed by atoms with Crippen molar-refractivity contribution in [3.63, 3.8) is 0 Å². The fourth-order valence-electron chi connectivity index (χ4n) is 1.97. The minimum atomic E-state index is -0.504. The molecule has 4 heteroatoms. The average Bonchev–Trinajstić information content (AvgIpc) is 2.30. The van der Waals surface area contributed by atoms with E-state index < -0.39 is 5.41 Å². The molecule has 1 aromatic rings. The van der Waals surface area contributed by atoms with Gasteiger partial charge < -0.3 is 9.64 Å². The van der Waals surface area contributed by atoms with Gasteiger partial charge in [-0.2, -0.15) is 0 Å². The minimum absolute atomic E-state index is 0.189. The van der Waals surface area contributed by atoms with Crippen LogP contribution >= 0.6 is 11.6 Å². The van der Waals surface area contributed by atoms with Gasteiger partial charge in [-0.3, -0.25) is 4.79 Å². The smallest absolute Gasteiger partial charge is 0.312 e. The largest absolute Gasteiger partial charge is 0.469 e. The second-order valence-electron chi connectivity index (χ2n) is 5.17. The van der Waals surface area contributed by atoms with Gasteiger partial charge in [0.25, 0.3) is 0 Å². The Morgan fingerprint density at radius 2 is 1.89 bits per heavy atom. The molecule has 0 saturated heterocycles. The zero-order valence-corrected chi connectivity index (χ0v) is 12.1. The van der Waals surface area contributed by atoms with Crippen molar-refractivity contribution in [2.24, 2.45) is 5.41 Å². The predicted octanol–water partition coefficient (Wildman–Crippen LogP) is 2.97. The second kappa shape index (κ2) is 6.21. The molecule has 1 rings (SSSR count). The lowest BCUT2D eigenvalue weighted by atomic mass is 9.93. The normalized spacial score (nSPS) is 11.7. The number of esters is 1. The van der Waals surface area contributed by atoms with Gasteiger partial charge in [-0.1, -0.05) is 23.7 Å². The molecule has 0 radical (unpaired) electrons. The van der Waals surface area contributed by atoms with Crippen molar-refractivity contribution in [2.45, 2.75) is 20.4 Å². The summed E-state index contributed by atoms with van der Waals surface area (Å²) >= 11 is 5.84. The van der Waals surface area contributed by atoms with Gasteiger partial charge in [-0.15, -0.1) is 0 Å². The van der Waals surface area contributed by atoms with E-state index in [0.29, 0.717) is 6.54 Å². The fourth-order valence-corrected chi connectivity index (χ4v) is 2.10. The van der Waals surface area contributed by atoms with Crippen molar-refractivity contribution >= 4 is 17.6 Å². The maximum absolute atomic E-state index is 11.6. The molecule has 0 heterocycles. The van der Waals surface area contributed by atoms with E-state index in [2.05, 4.69) is 4.90 Å². The van der Waals surface area contributed by atoms with Crippen LogP contribution in [0, 0.1) is 5.41 Å². The SMILES string of the molecule is COC(=O)C(C)(C)CN(C)Cc1ccc(Cl)cc1. The molecule has 0 aliphatic carbocycles. The first-order valence-corrected chi connectivity index (χ1v) is 6.24. The number of halogens is 1. The van der Waals surface area contributed by atoms with Crippen molar-refractivity contribution in [3.8, 4) is 0 Å². The lowest BCUT2D eigenvalue weighted by Gasteiger charge is -2.27. The molecule has 1 aromatic carbocycles. The number of rotatable bonds is 5. The lowest BCUT2D eigenvalue weighted by molar-refractivity contribution is -0.151. The maximum Gasteiger partial charge on any atom is 0.312 e. The third-order valence-corrected chi connectivity index (χ3v) is 3.02. The van der Waals surface area contributed by atoms with E-state index in [1.54, 1.807) is 0 Å². The number of nitrogens with zero attached hydrogens (tertiary/aromatic N) is 1. The standard InChI is InChI=1S/C14H20ClNO2/c1-14(2,13(17)18-4)10-16(3)9-11-5-7-12(15)8-6-11/h5-8H,9-10H2,1-4H3. The fraction of sp³-hybridized carbons (Fsp3) is 0.500. The van der Waals surface area contributed by atoms with Gasteiger partial charge in [-0.25, -0.2) is 0 Å². The van der Waals surface area contributed by atoms with E-state index in [1.807, 2.05) is 45.2 Å². The Kier molecular flexibility index (Phi) is 5.17. The number of hydrogen-bond donors (Lipinski definition) is 0. The summed E-state index contributed by atoms with van der Waals surface area (Å²) < 4.78 is 4.80. The topological polar surface area (TPSA) is 29.5 Å². The highest BCUT2D eigenvalue weighted by molar-refractivity contribution is 6.30. The van der Waals surface area contributed by atoms with Gasteiger partial charge in [0.15, 0.2) is 0 Å². The zero-order valence-electron chi connectivity index (χ0n) is 11.4. The van der Waals surface area contributed by atoms with Crippen LogP contribution in [0.2, 0.25) is 5.02 Å². The first-order valence-electron chi connectivity index (χ1n) is 5.86. The van der Waals surface area contributed by atoms with E-state index in [4.69, 9.17) is 16.3 Å². The number of benzene rings is 1. The second-order valence-corrected chi connectivity index (χ2v) is 5.61. The molecule has 0 aromatic heterocycles. The summed E-state index contributed by atoms with van der Waals surface area (Å²) in [7, 11) is 3.41. The van der Waals surface area contributed by atoms with Crippen molar-refractivity contribution < 1.29 is 9.53 Å². The summed E-state index contributed by atoms with van der Waals surface area (Å²) in [6.45, 7) is 5.19. The monoisotopic (exact) mass is 269 g/mol. The number of hydrogen-bond acceptors (Lipinski definition) is 3. The Balaban J connectivity index is 2.58. The highest BCUT2D eigenvalue weighted by atomic mass is 35.5. The molecular formula is C14H20ClNO2. The van der Waals surface area contributed by atoms with Crippen molar-refractivity contribution in [2.75, 3.05) is 20.7 Å². The van der Waals surface area contributed by atoms with Crippen LogP contribution < -0.4 is 0 Å². The highest BCUT2D eigenvalue weighted by Crippen LogP contribution is 2.19. The molecule has 0 fully saturated rings. The van der Waals surface area contributed by atoms with Crippen LogP contribution in [0.15, 0.2) is 24.3 Å². The number of carbonyl (C=O) groups is 1. The molecule has 0 amide bonds. The average molecular weight is 270 g/mol. The molecular weight excluding hydrogens is 250 g/mol. The van der Waals surface area contributed by atoms with E-state index >= 15 is 0 Å². The molecule has 0 unspecified atom stereocenters. The van der Waals surface area contributed by atoms with Crippen LogP contribution in [-0.2, 0) is 16.1 Å².